The highest BCUT2D eigenvalue weighted by atomic mass is 32.2. The van der Waals surface area contributed by atoms with Crippen LogP contribution in [0.1, 0.15) is 12.8 Å². The Bertz CT molecular complexity index is 894. The summed E-state index contributed by atoms with van der Waals surface area (Å²) in [4.78, 5) is 13.8. The van der Waals surface area contributed by atoms with E-state index in [0.29, 0.717) is 31.6 Å². The van der Waals surface area contributed by atoms with Gasteiger partial charge >= 0.3 is 6.03 Å². The van der Waals surface area contributed by atoms with Crippen molar-refractivity contribution in [1.82, 2.24) is 9.62 Å². The fraction of sp³-hybridized carbons (Fsp3) is 0.278. The molecule has 0 bridgehead atoms. The number of sulfonamides is 1. The molecule has 2 amide bonds. The maximum Gasteiger partial charge on any atom is 0.321 e. The van der Waals surface area contributed by atoms with E-state index in [1.807, 2.05) is 0 Å². The van der Waals surface area contributed by atoms with Gasteiger partial charge in [0.2, 0.25) is 10.0 Å². The summed E-state index contributed by atoms with van der Waals surface area (Å²) >= 11 is 0. The van der Waals surface area contributed by atoms with Gasteiger partial charge in [-0.25, -0.2) is 26.7 Å². The van der Waals surface area contributed by atoms with Crippen molar-refractivity contribution in [3.8, 4) is 0 Å². The average Bonchev–Trinajstić information content (AvgIpc) is 2.64. The minimum Gasteiger partial charge on any atom is -0.324 e. The van der Waals surface area contributed by atoms with Gasteiger partial charge in [-0.1, -0.05) is 0 Å². The Balaban J connectivity index is 1.53. The molecular formula is C18H19F2N3O3S. The Hall–Kier alpha value is -2.52. The van der Waals surface area contributed by atoms with Crippen LogP contribution in [0.25, 0.3) is 0 Å². The molecule has 0 spiro atoms. The van der Waals surface area contributed by atoms with Crippen LogP contribution in [0, 0.1) is 11.6 Å². The van der Waals surface area contributed by atoms with Crippen LogP contribution < -0.4 is 10.0 Å². The molecule has 144 valence electrons. The van der Waals surface area contributed by atoms with Crippen molar-refractivity contribution in [3.63, 3.8) is 0 Å². The Kier molecular flexibility index (Phi) is 5.71. The van der Waals surface area contributed by atoms with E-state index in [4.69, 9.17) is 0 Å². The molecule has 1 heterocycles. The third kappa shape index (κ3) is 5.01. The van der Waals surface area contributed by atoms with E-state index in [9.17, 15) is 22.0 Å². The molecule has 3 rings (SSSR count). The van der Waals surface area contributed by atoms with Crippen molar-refractivity contribution in [2.45, 2.75) is 23.8 Å². The number of nitrogens with one attached hydrogen (secondary N) is 2. The lowest BCUT2D eigenvalue weighted by atomic mass is 10.1. The minimum atomic E-state index is -3.74. The number of hydrogen-bond acceptors (Lipinski definition) is 3. The number of likely N-dealkylation sites (tertiary alicyclic amines) is 1. The van der Waals surface area contributed by atoms with E-state index in [0.717, 1.165) is 12.1 Å². The van der Waals surface area contributed by atoms with Gasteiger partial charge in [0.25, 0.3) is 0 Å². The zero-order valence-electron chi connectivity index (χ0n) is 14.4. The first-order valence-corrected chi connectivity index (χ1v) is 9.91. The zero-order valence-corrected chi connectivity index (χ0v) is 15.2. The number of carbonyl (C=O) groups excluding carboxylic acids is 1. The first kappa shape index (κ1) is 19.2. The van der Waals surface area contributed by atoms with Gasteiger partial charge in [-0.05, 0) is 61.4 Å². The second-order valence-corrected chi connectivity index (χ2v) is 7.99. The van der Waals surface area contributed by atoms with E-state index in [1.54, 1.807) is 4.90 Å². The summed E-state index contributed by atoms with van der Waals surface area (Å²) in [5.74, 6) is -0.892. The highest BCUT2D eigenvalue weighted by Crippen LogP contribution is 2.17. The van der Waals surface area contributed by atoms with Gasteiger partial charge in [0.1, 0.15) is 11.6 Å². The number of anilines is 1. The van der Waals surface area contributed by atoms with Crippen LogP contribution in [0.2, 0.25) is 0 Å². The number of halogens is 2. The van der Waals surface area contributed by atoms with E-state index < -0.39 is 15.8 Å². The van der Waals surface area contributed by atoms with Crippen LogP contribution in [-0.2, 0) is 10.0 Å². The number of urea groups is 1. The molecule has 1 aliphatic rings. The fourth-order valence-corrected chi connectivity index (χ4v) is 4.14. The zero-order chi connectivity index (χ0) is 19.4. The molecule has 6 nitrogen and oxygen atoms in total. The molecular weight excluding hydrogens is 376 g/mol. The van der Waals surface area contributed by atoms with Gasteiger partial charge in [0, 0.05) is 24.8 Å². The summed E-state index contributed by atoms with van der Waals surface area (Å²) in [6.45, 7) is 0.757. The quantitative estimate of drug-likeness (QED) is 0.836. The standard InChI is InChI=1S/C18H19F2N3O3S/c19-13-1-5-15(6-2-13)21-18(24)23-11-9-16(10-12-23)22-27(25,26)17-7-3-14(20)4-8-17/h1-8,16,22H,9-12H2,(H,21,24). The molecule has 0 saturated carbocycles. The Morgan fingerprint density at radius 2 is 1.44 bits per heavy atom. The largest absolute Gasteiger partial charge is 0.324 e. The molecule has 2 N–H and O–H groups in total. The highest BCUT2D eigenvalue weighted by Gasteiger charge is 2.26. The van der Waals surface area contributed by atoms with Crippen LogP contribution >= 0.6 is 0 Å². The van der Waals surface area contributed by atoms with Gasteiger partial charge in [-0.2, -0.15) is 0 Å². The van der Waals surface area contributed by atoms with Crippen LogP contribution in [0.15, 0.2) is 53.4 Å². The predicted molar refractivity (Wildman–Crippen MR) is 96.7 cm³/mol. The van der Waals surface area contributed by atoms with Crippen molar-refractivity contribution in [2.75, 3.05) is 18.4 Å². The molecule has 1 saturated heterocycles. The molecule has 1 aliphatic heterocycles. The smallest absolute Gasteiger partial charge is 0.321 e. The number of benzene rings is 2. The summed E-state index contributed by atoms with van der Waals surface area (Å²) in [7, 11) is -3.74. The molecule has 27 heavy (non-hydrogen) atoms. The SMILES string of the molecule is O=C(Nc1ccc(F)cc1)N1CCC(NS(=O)(=O)c2ccc(F)cc2)CC1. The van der Waals surface area contributed by atoms with Crippen molar-refractivity contribution in [2.24, 2.45) is 0 Å². The van der Waals surface area contributed by atoms with E-state index in [2.05, 4.69) is 10.0 Å². The number of amides is 2. The second-order valence-electron chi connectivity index (χ2n) is 6.27. The first-order valence-electron chi connectivity index (χ1n) is 8.43. The molecule has 0 unspecified atom stereocenters. The molecule has 9 heteroatoms. The molecule has 0 aromatic heterocycles. The second kappa shape index (κ2) is 8.01. The average molecular weight is 395 g/mol. The maximum atomic E-state index is 13.0. The molecule has 0 aliphatic carbocycles. The summed E-state index contributed by atoms with van der Waals surface area (Å²) in [5.41, 5.74) is 0.487. The van der Waals surface area contributed by atoms with Gasteiger partial charge in [-0.3, -0.25) is 0 Å². The van der Waals surface area contributed by atoms with E-state index >= 15 is 0 Å². The molecule has 0 atom stereocenters. The van der Waals surface area contributed by atoms with Gasteiger partial charge in [0.15, 0.2) is 0 Å². The van der Waals surface area contributed by atoms with Crippen molar-refractivity contribution in [3.05, 3.63) is 60.2 Å². The predicted octanol–water partition coefficient (Wildman–Crippen LogP) is 2.94. The van der Waals surface area contributed by atoms with Gasteiger partial charge < -0.3 is 10.2 Å². The lowest BCUT2D eigenvalue weighted by molar-refractivity contribution is 0.193. The van der Waals surface area contributed by atoms with Crippen LogP contribution in [0.5, 0.6) is 0 Å². The topological polar surface area (TPSA) is 78.5 Å². The summed E-state index contributed by atoms with van der Waals surface area (Å²) < 4.78 is 53.1. The highest BCUT2D eigenvalue weighted by molar-refractivity contribution is 7.89. The van der Waals surface area contributed by atoms with Gasteiger partial charge in [-0.15, -0.1) is 0 Å². The Labute approximate surface area is 156 Å². The molecule has 2 aromatic carbocycles. The number of hydrogen-bond donors (Lipinski definition) is 2. The van der Waals surface area contributed by atoms with Gasteiger partial charge in [0.05, 0.1) is 4.90 Å². The van der Waals surface area contributed by atoms with Crippen LogP contribution in [0.3, 0.4) is 0 Å². The van der Waals surface area contributed by atoms with Crippen molar-refractivity contribution in [1.29, 1.82) is 0 Å². The number of piperidine rings is 1. The Morgan fingerprint density at radius 3 is 2.00 bits per heavy atom. The maximum absolute atomic E-state index is 13.0. The molecule has 0 radical (unpaired) electrons. The molecule has 2 aromatic rings. The fourth-order valence-electron chi connectivity index (χ4n) is 2.84. The Morgan fingerprint density at radius 1 is 0.926 bits per heavy atom. The van der Waals surface area contributed by atoms with E-state index in [-0.39, 0.29) is 22.8 Å². The van der Waals surface area contributed by atoms with Crippen molar-refractivity contribution < 1.29 is 22.0 Å². The number of nitrogens with zero attached hydrogens (tertiary/aromatic N) is 1. The lowest BCUT2D eigenvalue weighted by Gasteiger charge is -2.32. The first-order chi connectivity index (χ1) is 12.8. The third-order valence-electron chi connectivity index (χ3n) is 4.32. The van der Waals surface area contributed by atoms with E-state index in [1.165, 1.54) is 36.4 Å². The summed E-state index contributed by atoms with van der Waals surface area (Å²) in [6, 6.07) is 9.43. The minimum absolute atomic E-state index is 0.000354. The lowest BCUT2D eigenvalue weighted by Crippen LogP contribution is -2.47. The normalized spacial score (nSPS) is 15.6. The van der Waals surface area contributed by atoms with Crippen molar-refractivity contribution >= 4 is 21.7 Å². The summed E-state index contributed by atoms with van der Waals surface area (Å²) in [5, 5.41) is 2.68. The van der Waals surface area contributed by atoms with Crippen LogP contribution in [-0.4, -0.2) is 38.5 Å². The number of rotatable bonds is 4. The molecule has 1 fully saturated rings. The third-order valence-corrected chi connectivity index (χ3v) is 5.86. The van der Waals surface area contributed by atoms with Crippen LogP contribution in [0.4, 0.5) is 19.3 Å². The number of carbonyl (C=O) groups is 1. The monoisotopic (exact) mass is 395 g/mol. The summed E-state index contributed by atoms with van der Waals surface area (Å²) in [6.07, 6.45) is 0.911.